The van der Waals surface area contributed by atoms with Gasteiger partial charge in [-0.3, -0.25) is 4.79 Å². The molecule has 1 aromatic rings. The van der Waals surface area contributed by atoms with E-state index in [-0.39, 0.29) is 6.42 Å². The number of carboxylic acids is 1. The largest absolute Gasteiger partial charge is 0.481 e. The molecule has 2 N–H and O–H groups in total. The summed E-state index contributed by atoms with van der Waals surface area (Å²) in [6.45, 7) is 1.53. The fraction of sp³-hybridized carbons (Fsp3) is 0.308. The monoisotopic (exact) mass is 246 g/mol. The van der Waals surface area contributed by atoms with E-state index in [1.807, 2.05) is 30.3 Å². The molecule has 5 heteroatoms. The van der Waals surface area contributed by atoms with Crippen molar-refractivity contribution < 1.29 is 15.0 Å². The predicted octanol–water partition coefficient (Wildman–Crippen LogP) is 2.29. The Morgan fingerprint density at radius 3 is 2.67 bits per heavy atom. The minimum absolute atomic E-state index is 0.0160. The first-order chi connectivity index (χ1) is 8.50. The zero-order chi connectivity index (χ0) is 13.2. The van der Waals surface area contributed by atoms with Gasteiger partial charge in [0.25, 0.3) is 0 Å². The molecule has 0 saturated heterocycles. The molecule has 0 radical (unpaired) electrons. The van der Waals surface area contributed by atoms with Gasteiger partial charge in [-0.15, -0.1) is 5.11 Å². The summed E-state index contributed by atoms with van der Waals surface area (Å²) in [5.41, 5.74) is -0.0981. The first-order valence-corrected chi connectivity index (χ1v) is 5.66. The van der Waals surface area contributed by atoms with Gasteiger partial charge in [0.2, 0.25) is 0 Å². The quantitative estimate of drug-likeness (QED) is 0.855. The number of hydrogen-bond acceptors (Lipinski definition) is 4. The molecule has 94 valence electrons. The summed E-state index contributed by atoms with van der Waals surface area (Å²) in [5.74, 6) is -1.64. The van der Waals surface area contributed by atoms with Crippen molar-refractivity contribution >= 4 is 11.7 Å². The molecular formula is C13H14N2O3. The van der Waals surface area contributed by atoms with E-state index >= 15 is 0 Å². The molecule has 2 unspecified atom stereocenters. The lowest BCUT2D eigenvalue weighted by molar-refractivity contribution is -0.142. The van der Waals surface area contributed by atoms with Crippen LogP contribution in [-0.4, -0.2) is 21.9 Å². The van der Waals surface area contributed by atoms with Gasteiger partial charge in [-0.1, -0.05) is 37.3 Å². The van der Waals surface area contributed by atoms with Crippen LogP contribution in [0.1, 0.15) is 18.9 Å². The fourth-order valence-corrected chi connectivity index (χ4v) is 1.80. The van der Waals surface area contributed by atoms with E-state index in [9.17, 15) is 9.90 Å². The standard InChI is InChI=1S/C13H14N2O3/c1-9(12(16)17)7-13(18)8-11(14-15-13)10-5-3-2-4-6-10/h2-6,8-9,18H,7H2,1H3,(H,16,17). The molecule has 0 fully saturated rings. The van der Waals surface area contributed by atoms with E-state index in [1.165, 1.54) is 13.0 Å². The van der Waals surface area contributed by atoms with Gasteiger partial charge < -0.3 is 10.2 Å². The van der Waals surface area contributed by atoms with Gasteiger partial charge in [-0.25, -0.2) is 0 Å². The van der Waals surface area contributed by atoms with Crippen LogP contribution in [0.3, 0.4) is 0 Å². The Morgan fingerprint density at radius 2 is 2.06 bits per heavy atom. The predicted molar refractivity (Wildman–Crippen MR) is 65.6 cm³/mol. The number of azo groups is 1. The molecule has 0 aliphatic carbocycles. The molecule has 18 heavy (non-hydrogen) atoms. The van der Waals surface area contributed by atoms with Crippen molar-refractivity contribution in [2.24, 2.45) is 16.1 Å². The molecule has 0 aromatic heterocycles. The normalized spacial score (nSPS) is 23.8. The van der Waals surface area contributed by atoms with Crippen LogP contribution in [0.25, 0.3) is 5.70 Å². The molecular weight excluding hydrogens is 232 g/mol. The van der Waals surface area contributed by atoms with Gasteiger partial charge in [-0.05, 0) is 6.08 Å². The van der Waals surface area contributed by atoms with Gasteiger partial charge in [0.05, 0.1) is 11.6 Å². The third kappa shape index (κ3) is 2.62. The molecule has 2 rings (SSSR count). The molecule has 0 bridgehead atoms. The van der Waals surface area contributed by atoms with Crippen LogP contribution in [-0.2, 0) is 4.79 Å². The van der Waals surface area contributed by atoms with Crippen molar-refractivity contribution in [3.8, 4) is 0 Å². The van der Waals surface area contributed by atoms with Crippen LogP contribution in [0, 0.1) is 5.92 Å². The number of carbonyl (C=O) groups is 1. The number of nitrogens with zero attached hydrogens (tertiary/aromatic N) is 2. The highest BCUT2D eigenvalue weighted by molar-refractivity contribution is 5.70. The second-order valence-corrected chi connectivity index (χ2v) is 4.42. The maximum atomic E-state index is 10.8. The lowest BCUT2D eigenvalue weighted by Crippen LogP contribution is -2.27. The molecule has 1 aliphatic rings. The third-order valence-corrected chi connectivity index (χ3v) is 2.80. The Morgan fingerprint density at radius 1 is 1.39 bits per heavy atom. The van der Waals surface area contributed by atoms with Crippen LogP contribution in [0.15, 0.2) is 46.6 Å². The number of aliphatic carboxylic acids is 1. The average molecular weight is 246 g/mol. The second-order valence-electron chi connectivity index (χ2n) is 4.42. The summed E-state index contributed by atoms with van der Waals surface area (Å²) < 4.78 is 0. The zero-order valence-corrected chi connectivity index (χ0v) is 9.95. The second kappa shape index (κ2) is 4.70. The topological polar surface area (TPSA) is 82.2 Å². The van der Waals surface area contributed by atoms with Gasteiger partial charge in [0, 0.05) is 12.0 Å². The van der Waals surface area contributed by atoms with Crippen molar-refractivity contribution in [2.75, 3.05) is 0 Å². The average Bonchev–Trinajstić information content (AvgIpc) is 2.72. The lowest BCUT2D eigenvalue weighted by Gasteiger charge is -2.17. The van der Waals surface area contributed by atoms with Crippen molar-refractivity contribution in [2.45, 2.75) is 19.1 Å². The number of benzene rings is 1. The smallest absolute Gasteiger partial charge is 0.306 e. The molecule has 1 aliphatic heterocycles. The molecule has 2 atom stereocenters. The van der Waals surface area contributed by atoms with Gasteiger partial charge in [0.1, 0.15) is 0 Å². The Hall–Kier alpha value is -2.01. The van der Waals surface area contributed by atoms with E-state index in [0.29, 0.717) is 5.70 Å². The summed E-state index contributed by atoms with van der Waals surface area (Å²) in [5, 5.41) is 26.7. The van der Waals surface area contributed by atoms with Crippen molar-refractivity contribution in [1.29, 1.82) is 0 Å². The number of carboxylic acid groups (broad SMARTS) is 1. The van der Waals surface area contributed by atoms with Gasteiger partial charge >= 0.3 is 5.97 Å². The summed E-state index contributed by atoms with van der Waals surface area (Å²) in [4.78, 5) is 10.8. The van der Waals surface area contributed by atoms with Crippen LogP contribution in [0.2, 0.25) is 0 Å². The van der Waals surface area contributed by atoms with E-state index in [1.54, 1.807) is 0 Å². The number of rotatable bonds is 4. The third-order valence-electron chi connectivity index (χ3n) is 2.80. The van der Waals surface area contributed by atoms with Crippen LogP contribution >= 0.6 is 0 Å². The molecule has 0 amide bonds. The Labute approximate surface area is 104 Å². The van der Waals surface area contributed by atoms with Crippen molar-refractivity contribution in [3.63, 3.8) is 0 Å². The van der Waals surface area contributed by atoms with Gasteiger partial charge in [0.15, 0.2) is 5.72 Å². The maximum Gasteiger partial charge on any atom is 0.306 e. The minimum Gasteiger partial charge on any atom is -0.481 e. The minimum atomic E-state index is -1.51. The summed E-state index contributed by atoms with van der Waals surface area (Å²) in [7, 11) is 0. The number of hydrogen-bond donors (Lipinski definition) is 2. The Kier molecular flexibility index (Phi) is 3.25. The SMILES string of the molecule is CC(CC1(O)C=C(c2ccccc2)N=N1)C(=O)O. The van der Waals surface area contributed by atoms with Crippen LogP contribution in [0.4, 0.5) is 0 Å². The lowest BCUT2D eigenvalue weighted by atomic mass is 9.98. The van der Waals surface area contributed by atoms with E-state index < -0.39 is 17.6 Å². The van der Waals surface area contributed by atoms with Gasteiger partial charge in [-0.2, -0.15) is 5.11 Å². The zero-order valence-electron chi connectivity index (χ0n) is 9.95. The summed E-state index contributed by atoms with van der Waals surface area (Å²) in [6.07, 6.45) is 1.52. The first kappa shape index (κ1) is 12.4. The maximum absolute atomic E-state index is 10.8. The summed E-state index contributed by atoms with van der Waals surface area (Å²) >= 11 is 0. The van der Waals surface area contributed by atoms with E-state index in [0.717, 1.165) is 5.56 Å². The molecule has 1 heterocycles. The van der Waals surface area contributed by atoms with E-state index in [4.69, 9.17) is 5.11 Å². The van der Waals surface area contributed by atoms with E-state index in [2.05, 4.69) is 10.2 Å². The molecule has 0 saturated carbocycles. The molecule has 5 nitrogen and oxygen atoms in total. The summed E-state index contributed by atoms with van der Waals surface area (Å²) in [6, 6.07) is 9.33. The first-order valence-electron chi connectivity index (χ1n) is 5.66. The van der Waals surface area contributed by atoms with Crippen LogP contribution in [0.5, 0.6) is 0 Å². The number of aliphatic hydroxyl groups is 1. The Bertz CT molecular complexity index is 510. The molecule has 0 spiro atoms. The van der Waals surface area contributed by atoms with Crippen molar-refractivity contribution in [3.05, 3.63) is 42.0 Å². The van der Waals surface area contributed by atoms with Crippen molar-refractivity contribution in [1.82, 2.24) is 0 Å². The highest BCUT2D eigenvalue weighted by Crippen LogP contribution is 2.32. The highest BCUT2D eigenvalue weighted by atomic mass is 16.4. The van der Waals surface area contributed by atoms with Crippen LogP contribution < -0.4 is 0 Å². The fourth-order valence-electron chi connectivity index (χ4n) is 1.80. The Balaban J connectivity index is 2.18. The molecule has 1 aromatic carbocycles. The highest BCUT2D eigenvalue weighted by Gasteiger charge is 2.33.